The molecule has 102 valence electrons. The Kier molecular flexibility index (Phi) is 3.91. The molecule has 1 unspecified atom stereocenters. The van der Waals surface area contributed by atoms with Crippen molar-refractivity contribution in [1.82, 2.24) is 4.90 Å². The van der Waals surface area contributed by atoms with Crippen molar-refractivity contribution in [2.24, 2.45) is 0 Å². The fraction of sp³-hybridized carbons (Fsp3) is 0.385. The molecule has 1 aliphatic rings. The van der Waals surface area contributed by atoms with Gasteiger partial charge in [0.1, 0.15) is 6.04 Å². The molecular weight excluding hydrogens is 312 g/mol. The number of carbonyl (C=O) groups is 2. The molecule has 0 radical (unpaired) electrons. The number of carboxylic acids is 1. The van der Waals surface area contributed by atoms with Gasteiger partial charge in [-0.25, -0.2) is 4.79 Å². The first-order chi connectivity index (χ1) is 8.90. The van der Waals surface area contributed by atoms with Gasteiger partial charge in [0.15, 0.2) is 0 Å². The fourth-order valence-electron chi connectivity index (χ4n) is 2.22. The molecule has 5 nitrogen and oxygen atoms in total. The van der Waals surface area contributed by atoms with Gasteiger partial charge in [-0.15, -0.1) is 0 Å². The van der Waals surface area contributed by atoms with E-state index in [1.165, 1.54) is 4.90 Å². The summed E-state index contributed by atoms with van der Waals surface area (Å²) in [7, 11) is 1.75. The number of aryl methyl sites for hydroxylation is 1. The number of hydrogen-bond acceptors (Lipinski definition) is 3. The molecule has 1 aromatic rings. The third kappa shape index (κ3) is 2.79. The Balaban J connectivity index is 2.44. The smallest absolute Gasteiger partial charge is 0.328 e. The first-order valence-electron chi connectivity index (χ1n) is 5.89. The Morgan fingerprint density at radius 1 is 1.47 bits per heavy atom. The van der Waals surface area contributed by atoms with Crippen LogP contribution < -0.4 is 4.90 Å². The van der Waals surface area contributed by atoms with Gasteiger partial charge in [-0.2, -0.15) is 0 Å². The van der Waals surface area contributed by atoms with Crippen LogP contribution in [0, 0.1) is 6.92 Å². The lowest BCUT2D eigenvalue weighted by molar-refractivity contribution is -0.142. The van der Waals surface area contributed by atoms with Gasteiger partial charge in [0, 0.05) is 11.0 Å². The molecule has 6 heteroatoms. The molecule has 1 heterocycles. The normalized spacial score (nSPS) is 20.7. The van der Waals surface area contributed by atoms with E-state index in [1.807, 2.05) is 19.1 Å². The lowest BCUT2D eigenvalue weighted by atomic mass is 10.1. The minimum absolute atomic E-state index is 0.203. The average Bonchev–Trinajstić information content (AvgIpc) is 2.29. The number of anilines is 1. The standard InChI is InChI=1S/C13H15BrN2O3/c1-8-3-4-10(9(14)5-8)16-11(13(18)19)6-15(2)7-12(16)17/h3-5,11H,6-7H2,1-2H3,(H,18,19). The minimum atomic E-state index is -0.993. The lowest BCUT2D eigenvalue weighted by Gasteiger charge is -2.37. The van der Waals surface area contributed by atoms with Crippen LogP contribution in [0.25, 0.3) is 0 Å². The number of halogens is 1. The monoisotopic (exact) mass is 326 g/mol. The second-order valence-electron chi connectivity index (χ2n) is 4.77. The Morgan fingerprint density at radius 3 is 2.74 bits per heavy atom. The zero-order valence-corrected chi connectivity index (χ0v) is 12.3. The number of rotatable bonds is 2. The van der Waals surface area contributed by atoms with Crippen LogP contribution in [-0.4, -0.2) is 48.1 Å². The topological polar surface area (TPSA) is 60.9 Å². The van der Waals surface area contributed by atoms with Crippen LogP contribution in [0.3, 0.4) is 0 Å². The van der Waals surface area contributed by atoms with Gasteiger partial charge in [-0.05, 0) is 47.6 Å². The van der Waals surface area contributed by atoms with Crippen LogP contribution in [0.4, 0.5) is 5.69 Å². The van der Waals surface area contributed by atoms with Crippen LogP contribution in [0.2, 0.25) is 0 Å². The van der Waals surface area contributed by atoms with E-state index in [0.717, 1.165) is 10.0 Å². The zero-order chi connectivity index (χ0) is 14.2. The highest BCUT2D eigenvalue weighted by atomic mass is 79.9. The number of carboxylic acid groups (broad SMARTS) is 1. The van der Waals surface area contributed by atoms with E-state index in [9.17, 15) is 14.7 Å². The Morgan fingerprint density at radius 2 is 2.16 bits per heavy atom. The molecule has 1 aliphatic heterocycles. The van der Waals surface area contributed by atoms with Crippen molar-refractivity contribution in [2.75, 3.05) is 25.0 Å². The molecule has 1 aromatic carbocycles. The summed E-state index contributed by atoms with van der Waals surface area (Å²) in [5.74, 6) is -1.20. The summed E-state index contributed by atoms with van der Waals surface area (Å²) >= 11 is 3.40. The van der Waals surface area contributed by atoms with E-state index in [4.69, 9.17) is 0 Å². The maximum atomic E-state index is 12.2. The predicted octanol–water partition coefficient (Wildman–Crippen LogP) is 1.49. The highest BCUT2D eigenvalue weighted by molar-refractivity contribution is 9.10. The highest BCUT2D eigenvalue weighted by Gasteiger charge is 2.37. The Bertz CT molecular complexity index is 533. The van der Waals surface area contributed by atoms with E-state index < -0.39 is 12.0 Å². The molecule has 0 saturated carbocycles. The summed E-state index contributed by atoms with van der Waals surface area (Å²) in [5.41, 5.74) is 1.65. The van der Waals surface area contributed by atoms with Crippen molar-refractivity contribution >= 4 is 33.5 Å². The molecular formula is C13H15BrN2O3. The van der Waals surface area contributed by atoms with Crippen LogP contribution in [-0.2, 0) is 9.59 Å². The van der Waals surface area contributed by atoms with E-state index in [2.05, 4.69) is 15.9 Å². The van der Waals surface area contributed by atoms with Gasteiger partial charge >= 0.3 is 5.97 Å². The maximum Gasteiger partial charge on any atom is 0.328 e. The summed E-state index contributed by atoms with van der Waals surface area (Å²) in [6, 6.07) is 4.66. The summed E-state index contributed by atoms with van der Waals surface area (Å²) in [4.78, 5) is 26.6. The van der Waals surface area contributed by atoms with Gasteiger partial charge < -0.3 is 5.11 Å². The molecule has 1 saturated heterocycles. The largest absolute Gasteiger partial charge is 0.480 e. The summed E-state index contributed by atoms with van der Waals surface area (Å²) in [6.07, 6.45) is 0. The van der Waals surface area contributed by atoms with E-state index >= 15 is 0 Å². The molecule has 0 aromatic heterocycles. The first kappa shape index (κ1) is 14.0. The average molecular weight is 327 g/mol. The van der Waals surface area contributed by atoms with Crippen molar-refractivity contribution in [3.05, 3.63) is 28.2 Å². The van der Waals surface area contributed by atoms with Crippen molar-refractivity contribution in [2.45, 2.75) is 13.0 Å². The second-order valence-corrected chi connectivity index (χ2v) is 5.62. The Hall–Kier alpha value is -1.40. The minimum Gasteiger partial charge on any atom is -0.480 e. The maximum absolute atomic E-state index is 12.2. The molecule has 0 bridgehead atoms. The molecule has 1 N–H and O–H groups in total. The van der Waals surface area contributed by atoms with Crippen molar-refractivity contribution in [1.29, 1.82) is 0 Å². The SMILES string of the molecule is Cc1ccc(N2C(=O)CN(C)CC2C(=O)O)c(Br)c1. The van der Waals surface area contributed by atoms with Gasteiger partial charge in [-0.1, -0.05) is 6.07 Å². The van der Waals surface area contributed by atoms with Crippen LogP contribution >= 0.6 is 15.9 Å². The van der Waals surface area contributed by atoms with E-state index in [1.54, 1.807) is 18.0 Å². The number of amides is 1. The summed E-state index contributed by atoms with van der Waals surface area (Å²) < 4.78 is 0.733. The zero-order valence-electron chi connectivity index (χ0n) is 10.8. The van der Waals surface area contributed by atoms with E-state index in [0.29, 0.717) is 12.2 Å². The van der Waals surface area contributed by atoms with Gasteiger partial charge in [0.25, 0.3) is 0 Å². The molecule has 2 rings (SSSR count). The summed E-state index contributed by atoms with van der Waals surface area (Å²) in [5, 5.41) is 9.32. The third-order valence-electron chi connectivity index (χ3n) is 3.12. The number of hydrogen-bond donors (Lipinski definition) is 1. The number of nitrogens with zero attached hydrogens (tertiary/aromatic N) is 2. The molecule has 1 amide bonds. The molecule has 0 spiro atoms. The number of carbonyl (C=O) groups excluding carboxylic acids is 1. The van der Waals surface area contributed by atoms with Crippen LogP contribution in [0.1, 0.15) is 5.56 Å². The van der Waals surface area contributed by atoms with Gasteiger partial charge in [0.05, 0.1) is 12.2 Å². The Labute approximate surface area is 119 Å². The highest BCUT2D eigenvalue weighted by Crippen LogP contribution is 2.30. The van der Waals surface area contributed by atoms with E-state index in [-0.39, 0.29) is 12.5 Å². The lowest BCUT2D eigenvalue weighted by Crippen LogP contribution is -2.58. The second kappa shape index (κ2) is 5.30. The number of piperazine rings is 1. The van der Waals surface area contributed by atoms with Crippen molar-refractivity contribution < 1.29 is 14.7 Å². The van der Waals surface area contributed by atoms with Crippen LogP contribution in [0.15, 0.2) is 22.7 Å². The number of aliphatic carboxylic acids is 1. The predicted molar refractivity (Wildman–Crippen MR) is 75.3 cm³/mol. The van der Waals surface area contributed by atoms with Crippen molar-refractivity contribution in [3.63, 3.8) is 0 Å². The number of likely N-dealkylation sites (N-methyl/N-ethyl adjacent to an activating group) is 1. The quantitative estimate of drug-likeness (QED) is 0.894. The molecule has 1 atom stereocenters. The number of benzene rings is 1. The first-order valence-corrected chi connectivity index (χ1v) is 6.69. The molecule has 1 fully saturated rings. The van der Waals surface area contributed by atoms with Crippen LogP contribution in [0.5, 0.6) is 0 Å². The van der Waals surface area contributed by atoms with Crippen molar-refractivity contribution in [3.8, 4) is 0 Å². The van der Waals surface area contributed by atoms with Gasteiger partial charge in [0.2, 0.25) is 5.91 Å². The molecule has 0 aliphatic carbocycles. The third-order valence-corrected chi connectivity index (χ3v) is 3.75. The molecule has 19 heavy (non-hydrogen) atoms. The summed E-state index contributed by atoms with van der Waals surface area (Å²) in [6.45, 7) is 2.49. The van der Waals surface area contributed by atoms with Gasteiger partial charge in [-0.3, -0.25) is 14.6 Å². The fourth-order valence-corrected chi connectivity index (χ4v) is 2.90.